The maximum atomic E-state index is 12.9. The molecular weight excluding hydrogens is 386 g/mol. The van der Waals surface area contributed by atoms with Crippen LogP contribution in [0.1, 0.15) is 22.7 Å². The summed E-state index contributed by atoms with van der Waals surface area (Å²) in [6.07, 6.45) is 3.72. The van der Waals surface area contributed by atoms with Crippen LogP contribution in [0.25, 0.3) is 22.4 Å². The molecule has 29 heavy (non-hydrogen) atoms. The smallest absolute Gasteiger partial charge is 0.254 e. The van der Waals surface area contributed by atoms with Gasteiger partial charge in [-0.3, -0.25) is 14.6 Å². The fourth-order valence-corrected chi connectivity index (χ4v) is 3.70. The number of aromatic amines is 1. The average Bonchev–Trinajstić information content (AvgIpc) is 3.37. The van der Waals surface area contributed by atoms with Crippen molar-refractivity contribution in [3.63, 3.8) is 0 Å². The van der Waals surface area contributed by atoms with Crippen LogP contribution in [-0.2, 0) is 11.2 Å². The van der Waals surface area contributed by atoms with Crippen molar-refractivity contribution in [2.75, 3.05) is 0 Å². The van der Waals surface area contributed by atoms with Crippen LogP contribution in [0.2, 0.25) is 0 Å². The number of pyridine rings is 1. The van der Waals surface area contributed by atoms with Crippen molar-refractivity contribution < 1.29 is 9.59 Å². The molecule has 0 saturated carbocycles. The number of nitrogens with two attached hydrogens (primary N) is 1. The number of fused-ring (bicyclic) bond motifs is 1. The number of aromatic nitrogens is 3. The first-order valence-corrected chi connectivity index (χ1v) is 9.51. The molecule has 148 valence electrons. The van der Waals surface area contributed by atoms with Crippen molar-refractivity contribution in [3.8, 4) is 11.4 Å². The average molecular weight is 407 g/mol. The Labute approximate surface area is 172 Å². The molecule has 0 aliphatic heterocycles. The van der Waals surface area contributed by atoms with E-state index in [-0.39, 0.29) is 7.43 Å². The zero-order chi connectivity index (χ0) is 19.5. The van der Waals surface area contributed by atoms with Crippen LogP contribution < -0.4 is 11.1 Å². The van der Waals surface area contributed by atoms with Crippen molar-refractivity contribution in [2.45, 2.75) is 19.9 Å². The van der Waals surface area contributed by atoms with Crippen molar-refractivity contribution in [3.05, 3.63) is 70.7 Å². The molecule has 8 heteroatoms. The van der Waals surface area contributed by atoms with Gasteiger partial charge in [0.2, 0.25) is 5.91 Å². The lowest BCUT2D eigenvalue weighted by molar-refractivity contribution is -0.119. The van der Waals surface area contributed by atoms with E-state index in [1.54, 1.807) is 24.5 Å². The Kier molecular flexibility index (Phi) is 6.04. The number of imidazole rings is 1. The van der Waals surface area contributed by atoms with E-state index in [0.717, 1.165) is 16.0 Å². The molecule has 0 aliphatic rings. The summed E-state index contributed by atoms with van der Waals surface area (Å²) in [5, 5.41) is 4.66. The third-order valence-corrected chi connectivity index (χ3v) is 5.24. The molecule has 2 amide bonds. The van der Waals surface area contributed by atoms with E-state index in [2.05, 4.69) is 20.3 Å². The molecule has 3 heterocycles. The van der Waals surface area contributed by atoms with E-state index in [9.17, 15) is 9.59 Å². The lowest BCUT2D eigenvalue weighted by Gasteiger charge is -2.15. The van der Waals surface area contributed by atoms with E-state index in [4.69, 9.17) is 5.73 Å². The Morgan fingerprint density at radius 3 is 2.62 bits per heavy atom. The van der Waals surface area contributed by atoms with Gasteiger partial charge in [-0.25, -0.2) is 4.98 Å². The summed E-state index contributed by atoms with van der Waals surface area (Å²) in [7, 11) is 0. The van der Waals surface area contributed by atoms with Gasteiger partial charge in [-0.05, 0) is 35.7 Å². The number of nitrogens with one attached hydrogen (secondary N) is 2. The number of thiophene rings is 1. The van der Waals surface area contributed by atoms with Crippen LogP contribution in [0.4, 0.5) is 0 Å². The standard InChI is InChI=1S/C20H17N5O2S.CH4/c21-18(26)16(11-13-3-2-10-28-13)24-20(27)14-4-1-5-15-17(14)25-19(23-15)12-6-8-22-9-7-12;/h1-10,16H,11H2,(H2,21,26)(H,23,25)(H,24,27);1H4/t16-;/m0./s1. The molecule has 4 rings (SSSR count). The second-order valence-electron chi connectivity index (χ2n) is 6.23. The SMILES string of the molecule is C.NC(=O)[C@H](Cc1cccs1)NC(=O)c1cccc2[nH]c(-c3ccncc3)nc12. The van der Waals surface area contributed by atoms with Crippen LogP contribution >= 0.6 is 11.3 Å². The minimum absolute atomic E-state index is 0. The number of carbonyl (C=O) groups is 2. The lowest BCUT2D eigenvalue weighted by Crippen LogP contribution is -2.45. The molecule has 4 N–H and O–H groups in total. The summed E-state index contributed by atoms with van der Waals surface area (Å²) in [6.45, 7) is 0. The number of nitrogens with zero attached hydrogens (tertiary/aromatic N) is 2. The topological polar surface area (TPSA) is 114 Å². The first-order valence-electron chi connectivity index (χ1n) is 8.63. The summed E-state index contributed by atoms with van der Waals surface area (Å²) < 4.78 is 0. The second-order valence-corrected chi connectivity index (χ2v) is 7.27. The van der Waals surface area contributed by atoms with Crippen LogP contribution in [0.5, 0.6) is 0 Å². The van der Waals surface area contributed by atoms with Crippen molar-refractivity contribution in [2.24, 2.45) is 5.73 Å². The maximum Gasteiger partial charge on any atom is 0.254 e. The highest BCUT2D eigenvalue weighted by Gasteiger charge is 2.22. The van der Waals surface area contributed by atoms with Gasteiger partial charge in [-0.2, -0.15) is 0 Å². The van der Waals surface area contributed by atoms with Gasteiger partial charge >= 0.3 is 0 Å². The van der Waals surface area contributed by atoms with Gasteiger partial charge in [0.15, 0.2) is 0 Å². The zero-order valence-electron chi connectivity index (χ0n) is 14.8. The third kappa shape index (κ3) is 4.33. The molecule has 0 aliphatic carbocycles. The highest BCUT2D eigenvalue weighted by Crippen LogP contribution is 2.22. The quantitative estimate of drug-likeness (QED) is 0.455. The highest BCUT2D eigenvalue weighted by molar-refractivity contribution is 7.09. The van der Waals surface area contributed by atoms with Gasteiger partial charge in [-0.1, -0.05) is 19.6 Å². The largest absolute Gasteiger partial charge is 0.368 e. The normalized spacial score (nSPS) is 11.6. The third-order valence-electron chi connectivity index (χ3n) is 4.35. The Balaban J connectivity index is 0.00000240. The number of benzene rings is 1. The van der Waals surface area contributed by atoms with Crippen LogP contribution in [0.3, 0.4) is 0 Å². The predicted octanol–water partition coefficient (Wildman–Crippen LogP) is 3.15. The van der Waals surface area contributed by atoms with E-state index in [1.165, 1.54) is 11.3 Å². The van der Waals surface area contributed by atoms with E-state index in [1.807, 2.05) is 35.7 Å². The van der Waals surface area contributed by atoms with Crippen molar-refractivity contribution in [1.29, 1.82) is 0 Å². The second kappa shape index (κ2) is 8.66. The summed E-state index contributed by atoms with van der Waals surface area (Å²) in [4.78, 5) is 37.5. The number of hydrogen-bond acceptors (Lipinski definition) is 5. The minimum Gasteiger partial charge on any atom is -0.368 e. The Hall–Kier alpha value is -3.52. The molecule has 0 saturated heterocycles. The van der Waals surface area contributed by atoms with Gasteiger partial charge in [-0.15, -0.1) is 11.3 Å². The predicted molar refractivity (Wildman–Crippen MR) is 115 cm³/mol. The molecule has 0 radical (unpaired) electrons. The number of H-pyrrole nitrogens is 1. The lowest BCUT2D eigenvalue weighted by atomic mass is 10.1. The molecule has 7 nitrogen and oxygen atoms in total. The Morgan fingerprint density at radius 1 is 1.14 bits per heavy atom. The van der Waals surface area contributed by atoms with Gasteiger partial charge in [0, 0.05) is 29.3 Å². The van der Waals surface area contributed by atoms with Crippen LogP contribution in [-0.4, -0.2) is 32.8 Å². The molecule has 4 aromatic rings. The molecule has 0 bridgehead atoms. The number of hydrogen-bond donors (Lipinski definition) is 3. The zero-order valence-corrected chi connectivity index (χ0v) is 15.6. The van der Waals surface area contributed by atoms with Crippen LogP contribution in [0.15, 0.2) is 60.2 Å². The van der Waals surface area contributed by atoms with E-state index >= 15 is 0 Å². The van der Waals surface area contributed by atoms with Gasteiger partial charge in [0.05, 0.1) is 11.1 Å². The molecule has 0 spiro atoms. The van der Waals surface area contributed by atoms with E-state index < -0.39 is 17.9 Å². The van der Waals surface area contributed by atoms with E-state index in [0.29, 0.717) is 23.3 Å². The summed E-state index contributed by atoms with van der Waals surface area (Å²) in [6, 6.07) is 12.0. The summed E-state index contributed by atoms with van der Waals surface area (Å²) in [5.41, 5.74) is 8.01. The molecular formula is C21H21N5O2S. The highest BCUT2D eigenvalue weighted by atomic mass is 32.1. The Morgan fingerprint density at radius 2 is 1.93 bits per heavy atom. The Bertz CT molecular complexity index is 1120. The number of amides is 2. The molecule has 1 aromatic carbocycles. The number of carbonyl (C=O) groups excluding carboxylic acids is 2. The number of rotatable bonds is 6. The monoisotopic (exact) mass is 407 g/mol. The molecule has 0 unspecified atom stereocenters. The first-order chi connectivity index (χ1) is 13.6. The van der Waals surface area contributed by atoms with Crippen LogP contribution in [0, 0.1) is 0 Å². The fraction of sp³-hybridized carbons (Fsp3) is 0.143. The molecule has 0 fully saturated rings. The minimum atomic E-state index is -0.792. The summed E-state index contributed by atoms with van der Waals surface area (Å²) >= 11 is 1.51. The first kappa shape index (κ1) is 20.2. The van der Waals surface area contributed by atoms with Gasteiger partial charge < -0.3 is 16.0 Å². The van der Waals surface area contributed by atoms with Crippen molar-refractivity contribution >= 4 is 34.2 Å². The maximum absolute atomic E-state index is 12.9. The fourth-order valence-electron chi connectivity index (χ4n) is 2.95. The van der Waals surface area contributed by atoms with Crippen molar-refractivity contribution in [1.82, 2.24) is 20.3 Å². The van der Waals surface area contributed by atoms with Gasteiger partial charge in [0.25, 0.3) is 5.91 Å². The van der Waals surface area contributed by atoms with Gasteiger partial charge in [0.1, 0.15) is 17.4 Å². The molecule has 1 atom stereocenters. The summed E-state index contributed by atoms with van der Waals surface area (Å²) in [5.74, 6) is -0.324. The number of primary amides is 1. The number of para-hydroxylation sites is 1. The molecule has 3 aromatic heterocycles.